The number of halogens is 1. The van der Waals surface area contributed by atoms with E-state index in [9.17, 15) is 9.59 Å². The number of amides is 2. The highest BCUT2D eigenvalue weighted by Crippen LogP contribution is 2.31. The Hall–Kier alpha value is -2.97. The summed E-state index contributed by atoms with van der Waals surface area (Å²) >= 11 is 3.59. The van der Waals surface area contributed by atoms with Crippen LogP contribution < -0.4 is 16.1 Å². The van der Waals surface area contributed by atoms with E-state index in [1.165, 1.54) is 0 Å². The van der Waals surface area contributed by atoms with Crippen LogP contribution in [0.3, 0.4) is 0 Å². The number of hydroxylamine groups is 1. The maximum absolute atomic E-state index is 12.3. The monoisotopic (exact) mass is 498 g/mol. The van der Waals surface area contributed by atoms with Crippen molar-refractivity contribution in [2.24, 2.45) is 0 Å². The molecule has 1 heterocycles. The van der Waals surface area contributed by atoms with Crippen molar-refractivity contribution >= 4 is 55.7 Å². The molecular formula is C24H27BrN4O3. The molecule has 3 aromatic rings. The number of benzene rings is 2. The topological polar surface area (TPSA) is 103 Å². The molecule has 0 spiro atoms. The van der Waals surface area contributed by atoms with Crippen molar-refractivity contribution in [2.45, 2.75) is 45.4 Å². The number of carbonyl (C=O) groups is 2. The predicted octanol–water partition coefficient (Wildman–Crippen LogP) is 5.83. The van der Waals surface area contributed by atoms with E-state index in [-0.39, 0.29) is 11.8 Å². The van der Waals surface area contributed by atoms with Crippen LogP contribution >= 0.6 is 15.9 Å². The first kappa shape index (κ1) is 23.7. The van der Waals surface area contributed by atoms with Crippen LogP contribution in [0.25, 0.3) is 10.8 Å². The number of rotatable bonds is 10. The molecule has 168 valence electrons. The average Bonchev–Trinajstić information content (AvgIpc) is 2.78. The van der Waals surface area contributed by atoms with E-state index in [1.807, 2.05) is 49.4 Å². The number of anilines is 3. The lowest BCUT2D eigenvalue weighted by molar-refractivity contribution is -0.129. The van der Waals surface area contributed by atoms with Gasteiger partial charge in [0, 0.05) is 34.6 Å². The van der Waals surface area contributed by atoms with Gasteiger partial charge in [-0.25, -0.2) is 10.5 Å². The first-order valence-electron chi connectivity index (χ1n) is 10.6. The third-order valence-electron chi connectivity index (χ3n) is 5.11. The Morgan fingerprint density at radius 3 is 2.44 bits per heavy atom. The van der Waals surface area contributed by atoms with E-state index < -0.39 is 0 Å². The fourth-order valence-electron chi connectivity index (χ4n) is 3.40. The smallest absolute Gasteiger partial charge is 0.243 e. The average molecular weight is 499 g/mol. The normalized spacial score (nSPS) is 10.7. The van der Waals surface area contributed by atoms with Gasteiger partial charge in [0.2, 0.25) is 11.8 Å². The number of unbranched alkanes of at least 4 members (excludes halogenated alkanes) is 3. The van der Waals surface area contributed by atoms with Crippen LogP contribution in [-0.4, -0.2) is 22.0 Å². The third kappa shape index (κ3) is 6.77. The van der Waals surface area contributed by atoms with Crippen LogP contribution in [-0.2, 0) is 9.59 Å². The summed E-state index contributed by atoms with van der Waals surface area (Å²) in [6.07, 6.45) is 5.60. The lowest BCUT2D eigenvalue weighted by atomic mass is 10.1. The Morgan fingerprint density at radius 1 is 0.969 bits per heavy atom. The van der Waals surface area contributed by atoms with Gasteiger partial charge in [-0.15, -0.1) is 0 Å². The largest absolute Gasteiger partial charge is 0.339 e. The highest BCUT2D eigenvalue weighted by atomic mass is 79.9. The molecule has 0 unspecified atom stereocenters. The van der Waals surface area contributed by atoms with E-state index in [0.29, 0.717) is 19.3 Å². The van der Waals surface area contributed by atoms with Gasteiger partial charge in [0.25, 0.3) is 0 Å². The molecule has 0 saturated carbocycles. The Bertz CT molecular complexity index is 1100. The lowest BCUT2D eigenvalue weighted by Crippen LogP contribution is -2.17. The van der Waals surface area contributed by atoms with Crippen molar-refractivity contribution in [3.63, 3.8) is 0 Å². The Morgan fingerprint density at radius 2 is 1.72 bits per heavy atom. The van der Waals surface area contributed by atoms with Gasteiger partial charge in [0.05, 0.1) is 5.69 Å². The summed E-state index contributed by atoms with van der Waals surface area (Å²) in [5.74, 6) is 0.296. The summed E-state index contributed by atoms with van der Waals surface area (Å²) in [6.45, 7) is 2.04. The number of nitrogens with one attached hydrogen (secondary N) is 3. The number of hydrogen-bond donors (Lipinski definition) is 4. The molecule has 1 aromatic heterocycles. The summed E-state index contributed by atoms with van der Waals surface area (Å²) in [4.78, 5) is 27.8. The van der Waals surface area contributed by atoms with Gasteiger partial charge in [-0.05, 0) is 77.0 Å². The van der Waals surface area contributed by atoms with Crippen LogP contribution in [0, 0.1) is 6.92 Å². The summed E-state index contributed by atoms with van der Waals surface area (Å²) in [7, 11) is 0. The maximum atomic E-state index is 12.3. The fraction of sp³-hybridized carbons (Fsp3) is 0.292. The molecular weight excluding hydrogens is 472 g/mol. The van der Waals surface area contributed by atoms with Gasteiger partial charge in [-0.2, -0.15) is 0 Å². The molecule has 0 radical (unpaired) electrons. The molecule has 0 saturated heterocycles. The van der Waals surface area contributed by atoms with Crippen molar-refractivity contribution in [3.05, 3.63) is 58.7 Å². The quantitative estimate of drug-likeness (QED) is 0.160. The van der Waals surface area contributed by atoms with Gasteiger partial charge in [-0.3, -0.25) is 14.8 Å². The standard InChI is InChI=1S/C24H27BrN4O3/c1-16-8-11-21(20(25)14-16)28-24-19-15-18(10-9-17(19)12-13-26-24)27-22(30)6-4-2-3-5-7-23(31)29-32/h8-15,32H,2-7H2,1H3,(H,26,28)(H,27,30)(H,29,31). The van der Waals surface area contributed by atoms with Gasteiger partial charge in [0.15, 0.2) is 0 Å². The van der Waals surface area contributed by atoms with Crippen LogP contribution in [0.2, 0.25) is 0 Å². The third-order valence-corrected chi connectivity index (χ3v) is 5.77. The Kier molecular flexibility index (Phi) is 8.58. The van der Waals surface area contributed by atoms with E-state index in [4.69, 9.17) is 5.21 Å². The summed E-state index contributed by atoms with van der Waals surface area (Å²) in [5.41, 5.74) is 4.42. The number of carbonyl (C=O) groups excluding carboxylic acids is 2. The van der Waals surface area contributed by atoms with Gasteiger partial charge >= 0.3 is 0 Å². The zero-order chi connectivity index (χ0) is 22.9. The van der Waals surface area contributed by atoms with Crippen LogP contribution in [0.15, 0.2) is 53.1 Å². The Balaban J connectivity index is 1.60. The second kappa shape index (κ2) is 11.6. The minimum atomic E-state index is -0.378. The Labute approximate surface area is 195 Å². The molecule has 0 aliphatic rings. The van der Waals surface area contributed by atoms with Crippen molar-refractivity contribution < 1.29 is 14.8 Å². The van der Waals surface area contributed by atoms with E-state index in [0.717, 1.165) is 57.3 Å². The number of aryl methyl sites for hydroxylation is 1. The molecule has 4 N–H and O–H groups in total. The van der Waals surface area contributed by atoms with Gasteiger partial charge < -0.3 is 10.6 Å². The molecule has 0 aliphatic heterocycles. The van der Waals surface area contributed by atoms with Crippen LogP contribution in [0.5, 0.6) is 0 Å². The second-order valence-corrected chi connectivity index (χ2v) is 8.56. The first-order chi connectivity index (χ1) is 15.5. The molecule has 2 amide bonds. The second-order valence-electron chi connectivity index (χ2n) is 7.70. The number of nitrogens with zero attached hydrogens (tertiary/aromatic N) is 1. The van der Waals surface area contributed by atoms with Crippen LogP contribution in [0.1, 0.15) is 44.1 Å². The highest BCUT2D eigenvalue weighted by molar-refractivity contribution is 9.10. The van der Waals surface area contributed by atoms with E-state index in [1.54, 1.807) is 11.7 Å². The highest BCUT2D eigenvalue weighted by Gasteiger charge is 2.09. The molecule has 8 heteroatoms. The number of fused-ring (bicyclic) bond motifs is 1. The summed E-state index contributed by atoms with van der Waals surface area (Å²) in [6, 6.07) is 13.8. The van der Waals surface area contributed by atoms with Gasteiger partial charge in [0.1, 0.15) is 5.82 Å². The molecule has 0 fully saturated rings. The first-order valence-corrected chi connectivity index (χ1v) is 11.4. The minimum Gasteiger partial charge on any atom is -0.339 e. The van der Waals surface area contributed by atoms with Crippen molar-refractivity contribution in [3.8, 4) is 0 Å². The molecule has 7 nitrogen and oxygen atoms in total. The lowest BCUT2D eigenvalue weighted by Gasteiger charge is -2.12. The molecule has 0 atom stereocenters. The van der Waals surface area contributed by atoms with Crippen LogP contribution in [0.4, 0.5) is 17.2 Å². The van der Waals surface area contributed by atoms with E-state index in [2.05, 4.69) is 31.5 Å². The summed E-state index contributed by atoms with van der Waals surface area (Å²) < 4.78 is 0.956. The van der Waals surface area contributed by atoms with Crippen molar-refractivity contribution in [1.29, 1.82) is 0 Å². The molecule has 32 heavy (non-hydrogen) atoms. The molecule has 0 aliphatic carbocycles. The van der Waals surface area contributed by atoms with Crippen molar-refractivity contribution in [1.82, 2.24) is 10.5 Å². The molecule has 3 rings (SSSR count). The molecule has 2 aromatic carbocycles. The fourth-order valence-corrected chi connectivity index (χ4v) is 3.99. The number of pyridine rings is 1. The minimum absolute atomic E-state index is 0.0443. The zero-order valence-electron chi connectivity index (χ0n) is 18.0. The predicted molar refractivity (Wildman–Crippen MR) is 130 cm³/mol. The summed E-state index contributed by atoms with van der Waals surface area (Å²) in [5, 5.41) is 16.7. The van der Waals surface area contributed by atoms with E-state index >= 15 is 0 Å². The maximum Gasteiger partial charge on any atom is 0.243 e. The SMILES string of the molecule is Cc1ccc(Nc2nccc3ccc(NC(=O)CCCCCCC(=O)NO)cc23)c(Br)c1. The van der Waals surface area contributed by atoms with Gasteiger partial charge in [-0.1, -0.05) is 25.0 Å². The zero-order valence-corrected chi connectivity index (χ0v) is 19.5. The number of hydrogen-bond acceptors (Lipinski definition) is 5. The number of aromatic nitrogens is 1. The molecule has 0 bridgehead atoms. The van der Waals surface area contributed by atoms with Crippen molar-refractivity contribution in [2.75, 3.05) is 10.6 Å².